The lowest BCUT2D eigenvalue weighted by molar-refractivity contribution is -0.118. The molecule has 4 nitrogen and oxygen atoms in total. The van der Waals surface area contributed by atoms with E-state index in [0.29, 0.717) is 36.6 Å². The number of amides is 1. The first kappa shape index (κ1) is 17.8. The highest BCUT2D eigenvalue weighted by atomic mass is 32.2. The molecule has 0 bridgehead atoms. The molecule has 1 N–H and O–H groups in total. The molecule has 0 fully saturated rings. The first-order valence-electron chi connectivity index (χ1n) is 8.10. The van der Waals surface area contributed by atoms with E-state index in [4.69, 9.17) is 9.47 Å². The van der Waals surface area contributed by atoms with E-state index in [1.165, 1.54) is 29.5 Å². The number of aryl methyl sites for hydroxylation is 1. The molecule has 6 heteroatoms. The number of benzene rings is 2. The highest BCUT2D eigenvalue weighted by molar-refractivity contribution is 8.00. The summed E-state index contributed by atoms with van der Waals surface area (Å²) in [5, 5.41) is 2.87. The number of hydrogen-bond donors (Lipinski definition) is 1. The zero-order chi connectivity index (χ0) is 17.6. The summed E-state index contributed by atoms with van der Waals surface area (Å²) in [6, 6.07) is 10.9. The average Bonchev–Trinajstić information content (AvgIpc) is 2.61. The molecule has 0 saturated carbocycles. The summed E-state index contributed by atoms with van der Waals surface area (Å²) >= 11 is 1.50. The fraction of sp³-hybridized carbons (Fsp3) is 0.316. The summed E-state index contributed by atoms with van der Waals surface area (Å²) in [7, 11) is 0. The van der Waals surface area contributed by atoms with Crippen molar-refractivity contribution in [2.45, 2.75) is 24.8 Å². The molecule has 2 aromatic carbocycles. The normalized spacial score (nSPS) is 13.0. The monoisotopic (exact) mass is 361 g/mol. The van der Waals surface area contributed by atoms with Crippen molar-refractivity contribution < 1.29 is 18.7 Å². The summed E-state index contributed by atoms with van der Waals surface area (Å²) in [6.07, 6.45) is 0.515. The first-order valence-corrected chi connectivity index (χ1v) is 9.08. The van der Waals surface area contributed by atoms with Gasteiger partial charge in [0.1, 0.15) is 11.6 Å². The largest absolute Gasteiger partial charge is 0.467 e. The Morgan fingerprint density at radius 2 is 2.08 bits per heavy atom. The van der Waals surface area contributed by atoms with Crippen LogP contribution in [0.3, 0.4) is 0 Å². The lowest BCUT2D eigenvalue weighted by Gasteiger charge is -2.21. The summed E-state index contributed by atoms with van der Waals surface area (Å²) in [6.45, 7) is 2.99. The Kier molecular flexibility index (Phi) is 5.94. The van der Waals surface area contributed by atoms with Gasteiger partial charge in [-0.05, 0) is 43.2 Å². The second-order valence-corrected chi connectivity index (χ2v) is 6.91. The van der Waals surface area contributed by atoms with Crippen LogP contribution in [0.1, 0.15) is 16.7 Å². The van der Waals surface area contributed by atoms with Crippen molar-refractivity contribution in [1.29, 1.82) is 0 Å². The number of thioether (sulfide) groups is 1. The van der Waals surface area contributed by atoms with Crippen LogP contribution in [0.5, 0.6) is 5.75 Å². The van der Waals surface area contributed by atoms with Gasteiger partial charge in [0.2, 0.25) is 5.91 Å². The van der Waals surface area contributed by atoms with Crippen molar-refractivity contribution >= 4 is 17.7 Å². The Labute approximate surface area is 150 Å². The van der Waals surface area contributed by atoms with Crippen LogP contribution in [-0.4, -0.2) is 25.0 Å². The zero-order valence-corrected chi connectivity index (χ0v) is 14.8. The van der Waals surface area contributed by atoms with Crippen LogP contribution in [0.25, 0.3) is 0 Å². The molecule has 132 valence electrons. The maximum atomic E-state index is 13.7. The first-order chi connectivity index (χ1) is 12.1. The SMILES string of the molecule is Cc1ccc(SCC(=O)NCCc2cc(F)cc3c2OCOC3)cc1. The second-order valence-electron chi connectivity index (χ2n) is 5.87. The summed E-state index contributed by atoms with van der Waals surface area (Å²) in [5.74, 6) is 0.675. The molecule has 3 rings (SSSR count). The quantitative estimate of drug-likeness (QED) is 0.801. The van der Waals surface area contributed by atoms with Crippen LogP contribution in [-0.2, 0) is 22.6 Å². The highest BCUT2D eigenvalue weighted by Gasteiger charge is 2.16. The maximum Gasteiger partial charge on any atom is 0.230 e. The summed E-state index contributed by atoms with van der Waals surface area (Å²) in [4.78, 5) is 13.0. The highest BCUT2D eigenvalue weighted by Crippen LogP contribution is 2.29. The molecule has 0 spiro atoms. The number of hydrogen-bond acceptors (Lipinski definition) is 4. The van der Waals surface area contributed by atoms with Crippen molar-refractivity contribution in [1.82, 2.24) is 5.32 Å². The molecular weight excluding hydrogens is 341 g/mol. The van der Waals surface area contributed by atoms with Gasteiger partial charge in [0.15, 0.2) is 6.79 Å². The van der Waals surface area contributed by atoms with E-state index in [-0.39, 0.29) is 18.5 Å². The second kappa shape index (κ2) is 8.36. The van der Waals surface area contributed by atoms with E-state index >= 15 is 0 Å². The van der Waals surface area contributed by atoms with Crippen LogP contribution in [0.15, 0.2) is 41.3 Å². The third kappa shape index (κ3) is 4.96. The van der Waals surface area contributed by atoms with E-state index in [1.54, 1.807) is 0 Å². The van der Waals surface area contributed by atoms with Crippen LogP contribution in [0, 0.1) is 12.7 Å². The van der Waals surface area contributed by atoms with Gasteiger partial charge in [-0.1, -0.05) is 17.7 Å². The van der Waals surface area contributed by atoms with Crippen LogP contribution in [0.4, 0.5) is 4.39 Å². The smallest absolute Gasteiger partial charge is 0.230 e. The zero-order valence-electron chi connectivity index (χ0n) is 14.0. The average molecular weight is 361 g/mol. The molecule has 0 radical (unpaired) electrons. The van der Waals surface area contributed by atoms with Gasteiger partial charge in [-0.25, -0.2) is 4.39 Å². The number of carbonyl (C=O) groups is 1. The molecule has 1 aliphatic heterocycles. The fourth-order valence-corrected chi connectivity index (χ4v) is 3.34. The third-order valence-electron chi connectivity index (χ3n) is 3.86. The van der Waals surface area contributed by atoms with E-state index in [2.05, 4.69) is 5.32 Å². The van der Waals surface area contributed by atoms with Gasteiger partial charge in [0.05, 0.1) is 12.4 Å². The summed E-state index contributed by atoms with van der Waals surface area (Å²) in [5.41, 5.74) is 2.66. The van der Waals surface area contributed by atoms with Crippen LogP contribution < -0.4 is 10.1 Å². The lowest BCUT2D eigenvalue weighted by atomic mass is 10.1. The van der Waals surface area contributed by atoms with Crippen molar-refractivity contribution in [3.8, 4) is 5.75 Å². The predicted molar refractivity (Wildman–Crippen MR) is 95.3 cm³/mol. The lowest BCUT2D eigenvalue weighted by Crippen LogP contribution is -2.27. The Balaban J connectivity index is 1.48. The van der Waals surface area contributed by atoms with E-state index < -0.39 is 0 Å². The molecule has 0 aromatic heterocycles. The number of halogens is 1. The molecule has 0 saturated heterocycles. The van der Waals surface area contributed by atoms with E-state index in [0.717, 1.165) is 10.5 Å². The van der Waals surface area contributed by atoms with Crippen molar-refractivity contribution in [2.24, 2.45) is 0 Å². The van der Waals surface area contributed by atoms with Crippen LogP contribution >= 0.6 is 11.8 Å². The molecule has 1 amide bonds. The minimum Gasteiger partial charge on any atom is -0.467 e. The number of nitrogens with one attached hydrogen (secondary N) is 1. The van der Waals surface area contributed by atoms with Crippen molar-refractivity contribution in [3.63, 3.8) is 0 Å². The van der Waals surface area contributed by atoms with Crippen molar-refractivity contribution in [2.75, 3.05) is 19.1 Å². The van der Waals surface area contributed by atoms with Gasteiger partial charge >= 0.3 is 0 Å². The standard InChI is InChI=1S/C19H20FNO3S/c1-13-2-4-17(5-3-13)25-11-18(22)21-7-6-14-8-16(20)9-15-10-23-12-24-19(14)15/h2-5,8-9H,6-7,10-12H2,1H3,(H,21,22). The van der Waals surface area contributed by atoms with E-state index in [1.807, 2.05) is 31.2 Å². The van der Waals surface area contributed by atoms with Gasteiger partial charge in [-0.2, -0.15) is 0 Å². The Morgan fingerprint density at radius 3 is 2.88 bits per heavy atom. The van der Waals surface area contributed by atoms with Gasteiger partial charge in [0, 0.05) is 17.0 Å². The molecule has 2 aromatic rings. The number of carbonyl (C=O) groups excluding carboxylic acids is 1. The van der Waals surface area contributed by atoms with E-state index in [9.17, 15) is 9.18 Å². The molecule has 25 heavy (non-hydrogen) atoms. The predicted octanol–water partition coefficient (Wildman–Crippen LogP) is 3.45. The molecule has 0 aliphatic carbocycles. The number of rotatable bonds is 6. The van der Waals surface area contributed by atoms with Gasteiger partial charge in [-0.3, -0.25) is 4.79 Å². The molecular formula is C19H20FNO3S. The Bertz CT molecular complexity index is 749. The number of fused-ring (bicyclic) bond motifs is 1. The van der Waals surface area contributed by atoms with Crippen molar-refractivity contribution in [3.05, 3.63) is 58.9 Å². The van der Waals surface area contributed by atoms with Gasteiger partial charge in [-0.15, -0.1) is 11.8 Å². The third-order valence-corrected chi connectivity index (χ3v) is 4.87. The topological polar surface area (TPSA) is 47.6 Å². The minimum absolute atomic E-state index is 0.0416. The minimum atomic E-state index is -0.316. The molecule has 1 aliphatic rings. The fourth-order valence-electron chi connectivity index (χ4n) is 2.61. The van der Waals surface area contributed by atoms with Crippen LogP contribution in [0.2, 0.25) is 0 Å². The molecule has 0 unspecified atom stereocenters. The Hall–Kier alpha value is -2.05. The molecule has 0 atom stereocenters. The Morgan fingerprint density at radius 1 is 1.28 bits per heavy atom. The maximum absolute atomic E-state index is 13.7. The molecule has 1 heterocycles. The van der Waals surface area contributed by atoms with Gasteiger partial charge < -0.3 is 14.8 Å². The summed E-state index contributed by atoms with van der Waals surface area (Å²) < 4.78 is 24.3. The number of ether oxygens (including phenoxy) is 2. The van der Waals surface area contributed by atoms with Gasteiger partial charge in [0.25, 0.3) is 0 Å².